The Morgan fingerprint density at radius 3 is 2.92 bits per heavy atom. The number of hydrogen-bond acceptors (Lipinski definition) is 4. The van der Waals surface area contributed by atoms with E-state index in [1.807, 2.05) is 31.2 Å². The Morgan fingerprint density at radius 1 is 1.38 bits per heavy atom. The maximum atomic E-state index is 12.7. The van der Waals surface area contributed by atoms with Gasteiger partial charge in [-0.05, 0) is 61.6 Å². The van der Waals surface area contributed by atoms with Gasteiger partial charge < -0.3 is 15.8 Å². The third kappa shape index (κ3) is 4.11. The zero-order chi connectivity index (χ0) is 16.9. The summed E-state index contributed by atoms with van der Waals surface area (Å²) >= 11 is 0. The molecule has 3 N–H and O–H groups in total. The second-order valence-electron chi connectivity index (χ2n) is 6.21. The van der Waals surface area contributed by atoms with Crippen LogP contribution in [-0.4, -0.2) is 24.0 Å². The summed E-state index contributed by atoms with van der Waals surface area (Å²) in [5.74, 6) is 1.03. The van der Waals surface area contributed by atoms with E-state index in [1.165, 1.54) is 0 Å². The summed E-state index contributed by atoms with van der Waals surface area (Å²) in [6, 6.07) is 11.2. The first kappa shape index (κ1) is 16.5. The molecule has 1 unspecified atom stereocenters. The van der Waals surface area contributed by atoms with Crippen LogP contribution in [0.4, 0.5) is 0 Å². The normalized spacial score (nSPS) is 14.9. The standard InChI is InChI=1S/C19H23N3O2/c1-13-7-9-21-17(11-13)18(14-5-6-14)22-19(23)15-3-2-4-16(12-15)24-10-8-20/h2-4,7,9,11-12,14,18H,5-6,8,10,20H2,1H3,(H,22,23). The highest BCUT2D eigenvalue weighted by atomic mass is 16.5. The van der Waals surface area contributed by atoms with E-state index < -0.39 is 0 Å². The molecule has 1 aromatic heterocycles. The van der Waals surface area contributed by atoms with Crippen molar-refractivity contribution in [3.05, 3.63) is 59.4 Å². The summed E-state index contributed by atoms with van der Waals surface area (Å²) in [5.41, 5.74) is 8.11. The molecule has 5 nitrogen and oxygen atoms in total. The predicted molar refractivity (Wildman–Crippen MR) is 92.9 cm³/mol. The molecule has 126 valence electrons. The van der Waals surface area contributed by atoms with Crippen molar-refractivity contribution in [2.75, 3.05) is 13.2 Å². The Bertz CT molecular complexity index is 713. The van der Waals surface area contributed by atoms with Crippen molar-refractivity contribution < 1.29 is 9.53 Å². The second kappa shape index (κ2) is 7.45. The Hall–Kier alpha value is -2.40. The van der Waals surface area contributed by atoms with Crippen LogP contribution in [0.25, 0.3) is 0 Å². The summed E-state index contributed by atoms with van der Waals surface area (Å²) in [6.07, 6.45) is 4.05. The number of aromatic nitrogens is 1. The number of nitrogens with two attached hydrogens (primary N) is 1. The molecule has 1 heterocycles. The van der Waals surface area contributed by atoms with Crippen molar-refractivity contribution in [3.8, 4) is 5.75 Å². The topological polar surface area (TPSA) is 77.2 Å². The van der Waals surface area contributed by atoms with Crippen molar-refractivity contribution in [2.24, 2.45) is 11.7 Å². The van der Waals surface area contributed by atoms with Crippen molar-refractivity contribution >= 4 is 5.91 Å². The number of carbonyl (C=O) groups is 1. The van der Waals surface area contributed by atoms with E-state index >= 15 is 0 Å². The number of aryl methyl sites for hydroxylation is 1. The molecule has 1 aliphatic carbocycles. The highest BCUT2D eigenvalue weighted by Crippen LogP contribution is 2.40. The van der Waals surface area contributed by atoms with E-state index in [-0.39, 0.29) is 11.9 Å². The maximum Gasteiger partial charge on any atom is 0.251 e. The molecule has 0 radical (unpaired) electrons. The molecule has 0 saturated heterocycles. The Labute approximate surface area is 142 Å². The van der Waals surface area contributed by atoms with Gasteiger partial charge in [0, 0.05) is 18.3 Å². The van der Waals surface area contributed by atoms with E-state index in [9.17, 15) is 4.79 Å². The number of benzene rings is 1. The largest absolute Gasteiger partial charge is 0.492 e. The second-order valence-corrected chi connectivity index (χ2v) is 6.21. The van der Waals surface area contributed by atoms with Gasteiger partial charge in [0.1, 0.15) is 12.4 Å². The van der Waals surface area contributed by atoms with Crippen LogP contribution in [0, 0.1) is 12.8 Å². The molecule has 1 atom stereocenters. The van der Waals surface area contributed by atoms with Crippen LogP contribution in [0.5, 0.6) is 5.75 Å². The first-order valence-electron chi connectivity index (χ1n) is 8.33. The number of rotatable bonds is 7. The van der Waals surface area contributed by atoms with E-state index in [1.54, 1.807) is 18.3 Å². The van der Waals surface area contributed by atoms with Crippen LogP contribution in [0.1, 0.15) is 40.5 Å². The van der Waals surface area contributed by atoms with Gasteiger partial charge >= 0.3 is 0 Å². The van der Waals surface area contributed by atoms with Crippen molar-refractivity contribution in [3.63, 3.8) is 0 Å². The summed E-state index contributed by atoms with van der Waals surface area (Å²) < 4.78 is 5.49. The third-order valence-electron chi connectivity index (χ3n) is 4.12. The zero-order valence-corrected chi connectivity index (χ0v) is 13.9. The lowest BCUT2D eigenvalue weighted by Gasteiger charge is -2.18. The molecule has 0 spiro atoms. The Morgan fingerprint density at radius 2 is 2.21 bits per heavy atom. The molecule has 1 aromatic carbocycles. The number of hydrogen-bond donors (Lipinski definition) is 2. The minimum absolute atomic E-state index is 0.0361. The number of carbonyl (C=O) groups excluding carboxylic acids is 1. The molecule has 0 bridgehead atoms. The Kier molecular flexibility index (Phi) is 5.11. The van der Waals surface area contributed by atoms with Gasteiger partial charge in [0.15, 0.2) is 0 Å². The lowest BCUT2D eigenvalue weighted by Crippen LogP contribution is -2.30. The molecular formula is C19H23N3O2. The number of nitrogens with one attached hydrogen (secondary N) is 1. The summed E-state index contributed by atoms with van der Waals surface area (Å²) in [6.45, 7) is 2.91. The van der Waals surface area contributed by atoms with E-state index in [0.717, 1.165) is 24.1 Å². The SMILES string of the molecule is Cc1ccnc(C(NC(=O)c2cccc(OCCN)c2)C2CC2)c1. The lowest BCUT2D eigenvalue weighted by molar-refractivity contribution is 0.0930. The number of pyridine rings is 1. The quantitative estimate of drug-likeness (QED) is 0.820. The summed E-state index contributed by atoms with van der Waals surface area (Å²) in [5, 5.41) is 3.14. The van der Waals surface area contributed by atoms with Crippen LogP contribution in [0.2, 0.25) is 0 Å². The fourth-order valence-electron chi connectivity index (χ4n) is 2.72. The Balaban J connectivity index is 1.74. The minimum Gasteiger partial charge on any atom is -0.492 e. The first-order chi connectivity index (χ1) is 11.7. The van der Waals surface area contributed by atoms with Crippen molar-refractivity contribution in [1.29, 1.82) is 0 Å². The van der Waals surface area contributed by atoms with Gasteiger partial charge in [-0.15, -0.1) is 0 Å². The molecule has 0 aliphatic heterocycles. The van der Waals surface area contributed by atoms with Gasteiger partial charge in [-0.2, -0.15) is 0 Å². The average molecular weight is 325 g/mol. The van der Waals surface area contributed by atoms with Crippen LogP contribution < -0.4 is 15.8 Å². The van der Waals surface area contributed by atoms with Crippen LogP contribution >= 0.6 is 0 Å². The van der Waals surface area contributed by atoms with Gasteiger partial charge in [0.25, 0.3) is 5.91 Å². The summed E-state index contributed by atoms with van der Waals surface area (Å²) in [4.78, 5) is 17.1. The zero-order valence-electron chi connectivity index (χ0n) is 13.9. The van der Waals surface area contributed by atoms with E-state index in [4.69, 9.17) is 10.5 Å². The number of nitrogens with zero attached hydrogens (tertiary/aromatic N) is 1. The van der Waals surface area contributed by atoms with Gasteiger partial charge in [-0.3, -0.25) is 9.78 Å². The van der Waals surface area contributed by atoms with Gasteiger partial charge in [0.05, 0.1) is 11.7 Å². The lowest BCUT2D eigenvalue weighted by atomic mass is 10.1. The predicted octanol–water partition coefficient (Wildman–Crippen LogP) is 2.61. The fraction of sp³-hybridized carbons (Fsp3) is 0.368. The van der Waals surface area contributed by atoms with Crippen molar-refractivity contribution in [1.82, 2.24) is 10.3 Å². The molecule has 1 amide bonds. The molecule has 2 aromatic rings. The number of ether oxygens (including phenoxy) is 1. The monoisotopic (exact) mass is 325 g/mol. The highest BCUT2D eigenvalue weighted by molar-refractivity contribution is 5.94. The summed E-state index contributed by atoms with van der Waals surface area (Å²) in [7, 11) is 0. The molecule has 3 rings (SSSR count). The molecule has 5 heteroatoms. The molecule has 24 heavy (non-hydrogen) atoms. The highest BCUT2D eigenvalue weighted by Gasteiger charge is 2.34. The fourth-order valence-corrected chi connectivity index (χ4v) is 2.72. The average Bonchev–Trinajstić information content (AvgIpc) is 3.43. The maximum absolute atomic E-state index is 12.7. The molecule has 1 saturated carbocycles. The molecular weight excluding hydrogens is 302 g/mol. The molecule has 1 aliphatic rings. The van der Waals surface area contributed by atoms with Crippen molar-refractivity contribution in [2.45, 2.75) is 25.8 Å². The van der Waals surface area contributed by atoms with Crippen LogP contribution in [0.3, 0.4) is 0 Å². The number of amides is 1. The van der Waals surface area contributed by atoms with Gasteiger partial charge in [0.2, 0.25) is 0 Å². The van der Waals surface area contributed by atoms with E-state index in [2.05, 4.69) is 10.3 Å². The minimum atomic E-state index is -0.103. The van der Waals surface area contributed by atoms with Crippen LogP contribution in [0.15, 0.2) is 42.6 Å². The third-order valence-corrected chi connectivity index (χ3v) is 4.12. The van der Waals surface area contributed by atoms with Gasteiger partial charge in [-0.1, -0.05) is 6.07 Å². The van der Waals surface area contributed by atoms with E-state index in [0.29, 0.717) is 30.4 Å². The van der Waals surface area contributed by atoms with Crippen LogP contribution in [-0.2, 0) is 0 Å². The molecule has 1 fully saturated rings. The first-order valence-corrected chi connectivity index (χ1v) is 8.33. The smallest absolute Gasteiger partial charge is 0.251 e. The van der Waals surface area contributed by atoms with Gasteiger partial charge in [-0.25, -0.2) is 0 Å².